The van der Waals surface area contributed by atoms with E-state index in [0.717, 1.165) is 42.7 Å². The van der Waals surface area contributed by atoms with Gasteiger partial charge in [0.15, 0.2) is 11.6 Å². The molecule has 0 bridgehead atoms. The molecular formula is C31H31F3O. The Morgan fingerprint density at radius 3 is 2.11 bits per heavy atom. The van der Waals surface area contributed by atoms with Gasteiger partial charge < -0.3 is 4.74 Å². The summed E-state index contributed by atoms with van der Waals surface area (Å²) in [4.78, 5) is 0. The molecule has 1 unspecified atom stereocenters. The average molecular weight is 477 g/mol. The minimum atomic E-state index is -0.767. The fraction of sp³-hybridized carbons (Fsp3) is 0.355. The van der Waals surface area contributed by atoms with Crippen LogP contribution in [0, 0.1) is 23.4 Å². The molecule has 1 aliphatic heterocycles. The van der Waals surface area contributed by atoms with Crippen molar-refractivity contribution in [3.63, 3.8) is 0 Å². The van der Waals surface area contributed by atoms with E-state index in [4.69, 9.17) is 4.74 Å². The Morgan fingerprint density at radius 2 is 1.46 bits per heavy atom. The smallest absolute Gasteiger partial charge is 0.166 e. The summed E-state index contributed by atoms with van der Waals surface area (Å²) in [7, 11) is 0. The highest BCUT2D eigenvalue weighted by Crippen LogP contribution is 2.40. The SMILES string of the molecule is CCCC1CCC(c2ccc(-c3ccc(/C=C/c4ccc(C5CO5)c(F)c4)cc3)c(F)c2F)CC1. The van der Waals surface area contributed by atoms with Gasteiger partial charge in [-0.25, -0.2) is 13.2 Å². The first-order chi connectivity index (χ1) is 17.0. The molecule has 2 fully saturated rings. The summed E-state index contributed by atoms with van der Waals surface area (Å²) in [6, 6.07) is 15.9. The van der Waals surface area contributed by atoms with Crippen LogP contribution in [-0.4, -0.2) is 6.61 Å². The number of hydrogen-bond acceptors (Lipinski definition) is 1. The summed E-state index contributed by atoms with van der Waals surface area (Å²) in [5.74, 6) is -0.897. The van der Waals surface area contributed by atoms with Gasteiger partial charge in [-0.05, 0) is 65.8 Å². The zero-order chi connectivity index (χ0) is 24.4. The maximum Gasteiger partial charge on any atom is 0.166 e. The Kier molecular flexibility index (Phi) is 7.10. The van der Waals surface area contributed by atoms with Crippen molar-refractivity contribution in [1.82, 2.24) is 0 Å². The van der Waals surface area contributed by atoms with Crippen LogP contribution in [0.5, 0.6) is 0 Å². The second-order valence-electron chi connectivity index (χ2n) is 9.89. The average Bonchev–Trinajstić information content (AvgIpc) is 3.71. The van der Waals surface area contributed by atoms with Crippen molar-refractivity contribution >= 4 is 12.2 Å². The molecule has 1 atom stereocenters. The van der Waals surface area contributed by atoms with Crippen molar-refractivity contribution in [2.45, 2.75) is 57.5 Å². The molecule has 1 heterocycles. The zero-order valence-corrected chi connectivity index (χ0v) is 20.1. The van der Waals surface area contributed by atoms with Crippen LogP contribution < -0.4 is 0 Å². The van der Waals surface area contributed by atoms with E-state index in [9.17, 15) is 4.39 Å². The molecule has 4 heteroatoms. The lowest BCUT2D eigenvalue weighted by Gasteiger charge is -2.29. The van der Waals surface area contributed by atoms with E-state index in [1.54, 1.807) is 30.3 Å². The minimum absolute atomic E-state index is 0.106. The van der Waals surface area contributed by atoms with Crippen LogP contribution in [0.3, 0.4) is 0 Å². The van der Waals surface area contributed by atoms with Gasteiger partial charge in [0.05, 0.1) is 6.61 Å². The fourth-order valence-electron chi connectivity index (χ4n) is 5.38. The summed E-state index contributed by atoms with van der Waals surface area (Å²) >= 11 is 0. The first kappa shape index (κ1) is 23.9. The van der Waals surface area contributed by atoms with E-state index in [0.29, 0.717) is 23.3 Å². The molecule has 1 aliphatic carbocycles. The predicted molar refractivity (Wildman–Crippen MR) is 135 cm³/mol. The standard InChI is InChI=1S/C31H31F3O/c1-2-3-20-6-11-23(12-7-20)25-16-17-26(31(34)30(25)33)24-13-8-21(9-14-24)4-5-22-10-15-27(28(32)18-22)29-19-35-29/h4-5,8-10,13-18,20,23,29H,2-3,6-7,11-12,19H2,1H3/b5-4+. The number of halogens is 3. The van der Waals surface area contributed by atoms with Crippen molar-refractivity contribution in [1.29, 1.82) is 0 Å². The first-order valence-electron chi connectivity index (χ1n) is 12.7. The normalized spacial score (nSPS) is 22.0. The molecule has 0 amide bonds. The largest absolute Gasteiger partial charge is 0.368 e. The Morgan fingerprint density at radius 1 is 0.800 bits per heavy atom. The van der Waals surface area contributed by atoms with Crippen molar-refractivity contribution in [2.75, 3.05) is 6.61 Å². The molecule has 3 aromatic rings. The molecule has 0 aromatic heterocycles. The maximum absolute atomic E-state index is 15.1. The third-order valence-corrected chi connectivity index (χ3v) is 7.49. The van der Waals surface area contributed by atoms with Crippen LogP contribution in [0.1, 0.15) is 79.7 Å². The highest BCUT2D eigenvalue weighted by atomic mass is 19.2. The molecule has 1 nitrogen and oxygen atoms in total. The van der Waals surface area contributed by atoms with E-state index in [1.165, 1.54) is 18.9 Å². The second kappa shape index (κ2) is 10.4. The highest BCUT2D eigenvalue weighted by molar-refractivity contribution is 5.72. The lowest BCUT2D eigenvalue weighted by Crippen LogP contribution is -2.14. The van der Waals surface area contributed by atoms with E-state index >= 15 is 8.78 Å². The van der Waals surface area contributed by atoms with E-state index in [2.05, 4.69) is 6.92 Å². The quantitative estimate of drug-likeness (QED) is 0.245. The van der Waals surface area contributed by atoms with Crippen LogP contribution >= 0.6 is 0 Å². The van der Waals surface area contributed by atoms with Crippen molar-refractivity contribution in [2.24, 2.45) is 5.92 Å². The molecule has 5 rings (SSSR count). The van der Waals surface area contributed by atoms with Crippen LogP contribution in [0.25, 0.3) is 23.3 Å². The van der Waals surface area contributed by atoms with Gasteiger partial charge in [0, 0.05) is 11.1 Å². The van der Waals surface area contributed by atoms with Gasteiger partial charge in [0.2, 0.25) is 0 Å². The Bertz CT molecular complexity index is 1200. The summed E-state index contributed by atoms with van der Waals surface area (Å²) in [5, 5.41) is 0. The number of epoxide rings is 1. The van der Waals surface area contributed by atoms with Crippen LogP contribution in [0.4, 0.5) is 13.2 Å². The van der Waals surface area contributed by atoms with E-state index in [1.807, 2.05) is 30.4 Å². The van der Waals surface area contributed by atoms with E-state index in [-0.39, 0.29) is 23.4 Å². The summed E-state index contributed by atoms with van der Waals surface area (Å²) in [5.41, 5.74) is 3.68. The number of rotatable bonds is 7. The lowest BCUT2D eigenvalue weighted by molar-refractivity contribution is 0.303. The van der Waals surface area contributed by atoms with Crippen molar-refractivity contribution < 1.29 is 17.9 Å². The topological polar surface area (TPSA) is 12.5 Å². The van der Waals surface area contributed by atoms with Crippen molar-refractivity contribution in [3.8, 4) is 11.1 Å². The van der Waals surface area contributed by atoms with Gasteiger partial charge in [-0.15, -0.1) is 0 Å². The molecule has 3 aromatic carbocycles. The van der Waals surface area contributed by atoms with Gasteiger partial charge in [0.1, 0.15) is 11.9 Å². The molecule has 182 valence electrons. The Balaban J connectivity index is 1.28. The maximum atomic E-state index is 15.1. The number of ether oxygens (including phenoxy) is 1. The van der Waals surface area contributed by atoms with Crippen LogP contribution in [0.15, 0.2) is 54.6 Å². The summed E-state index contributed by atoms with van der Waals surface area (Å²) in [6.07, 6.45) is 10.1. The third kappa shape index (κ3) is 5.38. The molecule has 2 aliphatic rings. The Labute approximate surface area is 205 Å². The number of benzene rings is 3. The molecule has 1 saturated heterocycles. The molecule has 0 N–H and O–H groups in total. The monoisotopic (exact) mass is 476 g/mol. The van der Waals surface area contributed by atoms with Gasteiger partial charge >= 0.3 is 0 Å². The molecular weight excluding hydrogens is 445 g/mol. The van der Waals surface area contributed by atoms with Crippen LogP contribution in [0.2, 0.25) is 0 Å². The van der Waals surface area contributed by atoms with E-state index < -0.39 is 11.6 Å². The minimum Gasteiger partial charge on any atom is -0.368 e. The molecule has 35 heavy (non-hydrogen) atoms. The van der Waals surface area contributed by atoms with Gasteiger partial charge in [-0.3, -0.25) is 0 Å². The summed E-state index contributed by atoms with van der Waals surface area (Å²) in [6.45, 7) is 2.78. The third-order valence-electron chi connectivity index (χ3n) is 7.49. The zero-order valence-electron chi connectivity index (χ0n) is 20.1. The fourth-order valence-corrected chi connectivity index (χ4v) is 5.38. The van der Waals surface area contributed by atoms with Gasteiger partial charge in [-0.2, -0.15) is 0 Å². The van der Waals surface area contributed by atoms with Crippen LogP contribution in [-0.2, 0) is 4.74 Å². The first-order valence-corrected chi connectivity index (χ1v) is 12.7. The predicted octanol–water partition coefficient (Wildman–Crippen LogP) is 9.09. The molecule has 1 saturated carbocycles. The molecule has 0 spiro atoms. The lowest BCUT2D eigenvalue weighted by atomic mass is 9.77. The van der Waals surface area contributed by atoms with Gasteiger partial charge in [0.25, 0.3) is 0 Å². The molecule has 0 radical (unpaired) electrons. The highest BCUT2D eigenvalue weighted by Gasteiger charge is 2.28. The van der Waals surface area contributed by atoms with Crippen molar-refractivity contribution in [3.05, 3.63) is 94.3 Å². The van der Waals surface area contributed by atoms with Gasteiger partial charge in [-0.1, -0.05) is 80.4 Å². The second-order valence-corrected chi connectivity index (χ2v) is 9.89. The summed E-state index contributed by atoms with van der Waals surface area (Å²) < 4.78 is 49.5. The number of hydrogen-bond donors (Lipinski definition) is 0. The Hall–Kier alpha value is -2.85.